The maximum Gasteiger partial charge on any atom is 0.413 e. The first-order valence-corrected chi connectivity index (χ1v) is 12.0. The lowest BCUT2D eigenvalue weighted by Crippen LogP contribution is -2.70. The molecule has 3 aromatic rings. The summed E-state index contributed by atoms with van der Waals surface area (Å²) in [6, 6.07) is 6.66. The monoisotopic (exact) mass is 524 g/mol. The SMILES string of the molecule is C[C@@H](OC(=O)Nc1c(-c2ccc(C(=O)NC34CCC3C(C#N)C4)cn2)nnn1C)c1cc(F)cnc1Cl. The van der Waals surface area contributed by atoms with Crippen molar-refractivity contribution in [3.05, 3.63) is 52.7 Å². The Morgan fingerprint density at radius 2 is 2.16 bits per heavy atom. The van der Waals surface area contributed by atoms with Crippen LogP contribution in [-0.4, -0.2) is 42.5 Å². The number of anilines is 1. The molecule has 0 saturated heterocycles. The van der Waals surface area contributed by atoms with Gasteiger partial charge in [0.25, 0.3) is 5.91 Å². The first-order chi connectivity index (χ1) is 17.7. The fourth-order valence-electron chi connectivity index (χ4n) is 4.93. The number of carbonyl (C=O) groups excluding carboxylic acids is 2. The highest BCUT2D eigenvalue weighted by Crippen LogP contribution is 2.57. The van der Waals surface area contributed by atoms with Crippen LogP contribution in [0, 0.1) is 29.0 Å². The van der Waals surface area contributed by atoms with Gasteiger partial charge in [-0.3, -0.25) is 15.1 Å². The molecule has 0 radical (unpaired) electrons. The highest BCUT2D eigenvalue weighted by molar-refractivity contribution is 6.30. The van der Waals surface area contributed by atoms with E-state index < -0.39 is 18.0 Å². The number of carbonyl (C=O) groups is 2. The van der Waals surface area contributed by atoms with Crippen LogP contribution in [0.15, 0.2) is 30.6 Å². The van der Waals surface area contributed by atoms with E-state index in [9.17, 15) is 14.0 Å². The lowest BCUT2D eigenvalue weighted by Gasteiger charge is -2.61. The average Bonchev–Trinajstić information content (AvgIpc) is 3.23. The lowest BCUT2D eigenvalue weighted by atomic mass is 9.48. The number of aromatic nitrogens is 5. The van der Waals surface area contributed by atoms with E-state index in [0.717, 1.165) is 25.1 Å². The number of hydrogen-bond donors (Lipinski definition) is 2. The zero-order chi connectivity index (χ0) is 26.3. The molecule has 2 fully saturated rings. The zero-order valence-corrected chi connectivity index (χ0v) is 20.7. The van der Waals surface area contributed by atoms with Crippen LogP contribution in [0.1, 0.15) is 48.2 Å². The van der Waals surface area contributed by atoms with E-state index in [2.05, 4.69) is 37.0 Å². The van der Waals surface area contributed by atoms with Crippen molar-refractivity contribution >= 4 is 29.4 Å². The molecule has 2 N–H and O–H groups in total. The average molecular weight is 525 g/mol. The fourth-order valence-corrected chi connectivity index (χ4v) is 5.18. The number of pyridine rings is 2. The second-order valence-corrected chi connectivity index (χ2v) is 9.60. The molecule has 11 nitrogen and oxygen atoms in total. The van der Waals surface area contributed by atoms with Crippen molar-refractivity contribution in [3.63, 3.8) is 0 Å². The number of nitrogens with one attached hydrogen (secondary N) is 2. The van der Waals surface area contributed by atoms with Crippen LogP contribution in [0.3, 0.4) is 0 Å². The van der Waals surface area contributed by atoms with Gasteiger partial charge < -0.3 is 10.1 Å². The molecule has 0 aliphatic heterocycles. The molecule has 3 unspecified atom stereocenters. The third-order valence-corrected chi connectivity index (χ3v) is 7.40. The molecule has 190 valence electrons. The van der Waals surface area contributed by atoms with E-state index in [1.165, 1.54) is 17.8 Å². The van der Waals surface area contributed by atoms with E-state index >= 15 is 0 Å². The highest BCUT2D eigenvalue weighted by atomic mass is 35.5. The lowest BCUT2D eigenvalue weighted by molar-refractivity contribution is -0.0515. The van der Waals surface area contributed by atoms with Gasteiger partial charge >= 0.3 is 6.09 Å². The molecule has 5 rings (SSSR count). The standard InChI is InChI=1S/C24H22ClFN8O3/c1-12(16-7-15(26)11-29-20(16)25)37-23(36)30-21-19(32-33-34(21)2)18-4-3-13(10-28-18)22(35)31-24-6-5-17(24)14(8-24)9-27/h3-4,7,10-12,14,17H,5-6,8H2,1-2H3,(H,30,36)(H,31,35)/t12-,14?,17?,24?/m1/s1. The first-order valence-electron chi connectivity index (χ1n) is 11.6. The van der Waals surface area contributed by atoms with E-state index in [0.29, 0.717) is 17.7 Å². The van der Waals surface area contributed by atoms with Crippen molar-refractivity contribution in [2.75, 3.05) is 5.32 Å². The van der Waals surface area contributed by atoms with Gasteiger partial charge in [0.05, 0.1) is 29.4 Å². The third-order valence-electron chi connectivity index (χ3n) is 7.08. The quantitative estimate of drug-likeness (QED) is 0.463. The smallest absolute Gasteiger partial charge is 0.413 e. The Balaban J connectivity index is 1.26. The van der Waals surface area contributed by atoms with Crippen LogP contribution in [0.2, 0.25) is 5.15 Å². The normalized spacial score (nSPS) is 22.5. The third kappa shape index (κ3) is 4.46. The Labute approximate surface area is 216 Å². The van der Waals surface area contributed by atoms with Crippen molar-refractivity contribution in [1.82, 2.24) is 30.3 Å². The van der Waals surface area contributed by atoms with Gasteiger partial charge in [0, 0.05) is 24.3 Å². The summed E-state index contributed by atoms with van der Waals surface area (Å²) in [5, 5.41) is 22.8. The number of nitriles is 1. The summed E-state index contributed by atoms with van der Waals surface area (Å²) >= 11 is 5.99. The number of amides is 2. The van der Waals surface area contributed by atoms with Crippen LogP contribution in [0.5, 0.6) is 0 Å². The maximum absolute atomic E-state index is 13.5. The fraction of sp³-hybridized carbons (Fsp3) is 0.375. The summed E-state index contributed by atoms with van der Waals surface area (Å²) < 4.78 is 20.2. The van der Waals surface area contributed by atoms with Crippen LogP contribution < -0.4 is 10.6 Å². The number of rotatable bonds is 6. The summed E-state index contributed by atoms with van der Waals surface area (Å²) in [7, 11) is 1.58. The molecule has 0 aromatic carbocycles. The topological polar surface area (TPSA) is 148 Å². The number of aryl methyl sites for hydroxylation is 1. The number of nitrogens with zero attached hydrogens (tertiary/aromatic N) is 6. The van der Waals surface area contributed by atoms with E-state index in [1.807, 2.05) is 0 Å². The second kappa shape index (κ2) is 9.40. The van der Waals surface area contributed by atoms with Gasteiger partial charge in [-0.25, -0.2) is 18.9 Å². The minimum Gasteiger partial charge on any atom is -0.441 e. The van der Waals surface area contributed by atoms with Crippen LogP contribution in [0.25, 0.3) is 11.4 Å². The largest absolute Gasteiger partial charge is 0.441 e. The minimum atomic E-state index is -0.884. The van der Waals surface area contributed by atoms with Crippen molar-refractivity contribution in [2.45, 2.75) is 37.8 Å². The molecule has 2 saturated carbocycles. The van der Waals surface area contributed by atoms with Crippen molar-refractivity contribution < 1.29 is 18.7 Å². The molecule has 13 heteroatoms. The predicted octanol–water partition coefficient (Wildman–Crippen LogP) is 3.80. The summed E-state index contributed by atoms with van der Waals surface area (Å²) in [6.07, 6.45) is 3.16. The Hall–Kier alpha value is -4.11. The number of ether oxygens (including phenoxy) is 1. The molecule has 2 aliphatic rings. The summed E-state index contributed by atoms with van der Waals surface area (Å²) in [4.78, 5) is 33.4. The minimum absolute atomic E-state index is 0.00863. The van der Waals surface area contributed by atoms with E-state index in [1.54, 1.807) is 19.2 Å². The molecule has 4 atom stereocenters. The second-order valence-electron chi connectivity index (χ2n) is 9.24. The van der Waals surface area contributed by atoms with E-state index in [-0.39, 0.29) is 45.5 Å². The highest BCUT2D eigenvalue weighted by Gasteiger charge is 2.60. The number of hydrogen-bond acceptors (Lipinski definition) is 8. The Kier molecular flexibility index (Phi) is 6.25. The molecule has 0 spiro atoms. The molecular formula is C24H22ClFN8O3. The Morgan fingerprint density at radius 3 is 2.81 bits per heavy atom. The van der Waals surface area contributed by atoms with E-state index in [4.69, 9.17) is 21.6 Å². The van der Waals surface area contributed by atoms with Gasteiger partial charge in [0.1, 0.15) is 17.1 Å². The zero-order valence-electron chi connectivity index (χ0n) is 19.9. The molecule has 2 aliphatic carbocycles. The van der Waals surface area contributed by atoms with Crippen LogP contribution in [-0.2, 0) is 11.8 Å². The van der Waals surface area contributed by atoms with Crippen molar-refractivity contribution in [2.24, 2.45) is 18.9 Å². The molecule has 3 heterocycles. The van der Waals surface area contributed by atoms with Crippen molar-refractivity contribution in [3.8, 4) is 17.5 Å². The summed E-state index contributed by atoms with van der Waals surface area (Å²) in [5.41, 5.74) is 0.947. The maximum atomic E-state index is 13.5. The van der Waals surface area contributed by atoms with Gasteiger partial charge in [-0.1, -0.05) is 16.8 Å². The van der Waals surface area contributed by atoms with Gasteiger partial charge in [0.2, 0.25) is 0 Å². The van der Waals surface area contributed by atoms with Crippen LogP contribution in [0.4, 0.5) is 15.0 Å². The van der Waals surface area contributed by atoms with Gasteiger partial charge in [-0.15, -0.1) is 5.10 Å². The molecule has 3 aromatic heterocycles. The number of fused-ring (bicyclic) bond motifs is 1. The predicted molar refractivity (Wildman–Crippen MR) is 129 cm³/mol. The molecule has 2 amide bonds. The molecule has 0 bridgehead atoms. The van der Waals surface area contributed by atoms with Gasteiger partial charge in [-0.05, 0) is 50.3 Å². The Bertz CT molecular complexity index is 1420. The Morgan fingerprint density at radius 1 is 1.35 bits per heavy atom. The summed E-state index contributed by atoms with van der Waals surface area (Å²) in [6.45, 7) is 1.53. The number of halogens is 2. The van der Waals surface area contributed by atoms with Crippen molar-refractivity contribution in [1.29, 1.82) is 5.26 Å². The summed E-state index contributed by atoms with van der Waals surface area (Å²) in [5.74, 6) is -0.422. The molecular weight excluding hydrogens is 503 g/mol. The van der Waals surface area contributed by atoms with Crippen LogP contribution >= 0.6 is 11.6 Å². The van der Waals surface area contributed by atoms with Gasteiger partial charge in [-0.2, -0.15) is 5.26 Å². The van der Waals surface area contributed by atoms with Gasteiger partial charge in [0.15, 0.2) is 11.5 Å². The first kappa shape index (κ1) is 24.6. The molecule has 37 heavy (non-hydrogen) atoms.